The smallest absolute Gasteiger partial charge is 0.266 e. The van der Waals surface area contributed by atoms with Gasteiger partial charge in [-0.25, -0.2) is 4.68 Å². The van der Waals surface area contributed by atoms with Crippen LogP contribution in [-0.4, -0.2) is 61.9 Å². The van der Waals surface area contributed by atoms with Gasteiger partial charge in [0.2, 0.25) is 5.56 Å². The van der Waals surface area contributed by atoms with Gasteiger partial charge in [-0.1, -0.05) is 6.07 Å². The molecule has 156 valence electrons. The van der Waals surface area contributed by atoms with Crippen molar-refractivity contribution in [2.24, 2.45) is 7.05 Å². The highest BCUT2D eigenvalue weighted by atomic mass is 16.1. The van der Waals surface area contributed by atoms with E-state index in [1.54, 1.807) is 46.9 Å². The molecular weight excluding hydrogens is 380 g/mol. The first-order valence-electron chi connectivity index (χ1n) is 10.2. The molecular formula is C22H26N6O2. The Kier molecular flexibility index (Phi) is 6.15. The average Bonchev–Trinajstić information content (AvgIpc) is 2.77. The first-order valence-corrected chi connectivity index (χ1v) is 10.2. The van der Waals surface area contributed by atoms with Crippen LogP contribution in [0.5, 0.6) is 0 Å². The number of hydrogen-bond acceptors (Lipinski definition) is 6. The van der Waals surface area contributed by atoms with Crippen molar-refractivity contribution >= 4 is 0 Å². The van der Waals surface area contributed by atoms with Crippen LogP contribution in [-0.2, 0) is 20.1 Å². The molecule has 0 saturated carbocycles. The summed E-state index contributed by atoms with van der Waals surface area (Å²) >= 11 is 0. The summed E-state index contributed by atoms with van der Waals surface area (Å²) in [7, 11) is 1.78. The summed E-state index contributed by atoms with van der Waals surface area (Å²) in [6.07, 6.45) is 5.35. The Morgan fingerprint density at radius 2 is 1.53 bits per heavy atom. The number of pyridine rings is 2. The highest BCUT2D eigenvalue weighted by Gasteiger charge is 2.17. The SMILES string of the molecule is Cn1cc(CN2CCN(CCn3nc(-c4ccncc4)ccc3=O)CC2)ccc1=O. The molecule has 3 aromatic heterocycles. The molecule has 1 saturated heterocycles. The molecule has 0 spiro atoms. The van der Waals surface area contributed by atoms with Gasteiger partial charge in [0.05, 0.1) is 12.2 Å². The quantitative estimate of drug-likeness (QED) is 0.603. The molecule has 0 N–H and O–H groups in total. The zero-order valence-electron chi connectivity index (χ0n) is 17.1. The van der Waals surface area contributed by atoms with Gasteiger partial charge < -0.3 is 4.57 Å². The lowest BCUT2D eigenvalue weighted by Crippen LogP contribution is -2.47. The molecule has 1 fully saturated rings. The van der Waals surface area contributed by atoms with E-state index in [1.165, 1.54) is 0 Å². The molecule has 1 aliphatic rings. The van der Waals surface area contributed by atoms with Crippen molar-refractivity contribution in [3.63, 3.8) is 0 Å². The number of nitrogens with zero attached hydrogens (tertiary/aromatic N) is 6. The average molecular weight is 406 g/mol. The molecule has 3 aromatic rings. The Morgan fingerprint density at radius 3 is 2.27 bits per heavy atom. The van der Waals surface area contributed by atoms with Crippen LogP contribution in [0.15, 0.2) is 64.6 Å². The first-order chi connectivity index (χ1) is 14.6. The van der Waals surface area contributed by atoms with Crippen molar-refractivity contribution in [2.75, 3.05) is 32.7 Å². The molecule has 0 unspecified atom stereocenters. The summed E-state index contributed by atoms with van der Waals surface area (Å²) in [4.78, 5) is 32.5. The fraction of sp³-hybridized carbons (Fsp3) is 0.364. The molecule has 0 amide bonds. The summed E-state index contributed by atoms with van der Waals surface area (Å²) in [6, 6.07) is 10.6. The summed E-state index contributed by atoms with van der Waals surface area (Å²) < 4.78 is 3.17. The minimum atomic E-state index is -0.0823. The molecule has 30 heavy (non-hydrogen) atoms. The van der Waals surface area contributed by atoms with Crippen LogP contribution in [0.3, 0.4) is 0 Å². The third kappa shape index (κ3) is 4.90. The van der Waals surface area contributed by atoms with Crippen molar-refractivity contribution < 1.29 is 0 Å². The predicted molar refractivity (Wildman–Crippen MR) is 115 cm³/mol. The fourth-order valence-electron chi connectivity index (χ4n) is 3.70. The van der Waals surface area contributed by atoms with Crippen molar-refractivity contribution in [1.29, 1.82) is 0 Å². The first kappa shape index (κ1) is 20.2. The predicted octanol–water partition coefficient (Wildman–Crippen LogP) is 0.822. The van der Waals surface area contributed by atoms with Crippen LogP contribution < -0.4 is 11.1 Å². The summed E-state index contributed by atoms with van der Waals surface area (Å²) in [6.45, 7) is 6.02. The van der Waals surface area contributed by atoms with Gasteiger partial charge in [-0.3, -0.25) is 24.4 Å². The molecule has 0 atom stereocenters. The van der Waals surface area contributed by atoms with Crippen molar-refractivity contribution in [1.82, 2.24) is 29.1 Å². The van der Waals surface area contributed by atoms with Crippen LogP contribution in [0.4, 0.5) is 0 Å². The molecule has 0 aromatic carbocycles. The Bertz CT molecular complexity index is 1100. The van der Waals surface area contributed by atoms with Crippen LogP contribution in [0.2, 0.25) is 0 Å². The second kappa shape index (κ2) is 9.15. The molecule has 0 bridgehead atoms. The lowest BCUT2D eigenvalue weighted by molar-refractivity contribution is 0.122. The Labute approximate surface area is 175 Å². The second-order valence-corrected chi connectivity index (χ2v) is 7.62. The molecule has 1 aliphatic heterocycles. The van der Waals surface area contributed by atoms with Gasteiger partial charge in [0.25, 0.3) is 5.56 Å². The number of aromatic nitrogens is 4. The van der Waals surface area contributed by atoms with Crippen LogP contribution in [0.25, 0.3) is 11.3 Å². The van der Waals surface area contributed by atoms with Gasteiger partial charge in [0.1, 0.15) is 0 Å². The van der Waals surface area contributed by atoms with E-state index >= 15 is 0 Å². The Hall–Kier alpha value is -3.10. The van der Waals surface area contributed by atoms with Gasteiger partial charge >= 0.3 is 0 Å². The standard InChI is InChI=1S/C22H26N6O2/c1-25-16-18(2-4-21(25)29)17-27-12-10-26(11-13-27)14-15-28-22(30)5-3-20(24-28)19-6-8-23-9-7-19/h2-9,16H,10-15,17H2,1H3. The number of rotatable bonds is 6. The zero-order valence-corrected chi connectivity index (χ0v) is 17.1. The summed E-state index contributed by atoms with van der Waals surface area (Å²) in [5.41, 5.74) is 2.81. The van der Waals surface area contributed by atoms with E-state index in [0.29, 0.717) is 6.54 Å². The lowest BCUT2D eigenvalue weighted by atomic mass is 10.2. The zero-order chi connectivity index (χ0) is 20.9. The van der Waals surface area contributed by atoms with E-state index in [-0.39, 0.29) is 11.1 Å². The van der Waals surface area contributed by atoms with E-state index in [1.807, 2.05) is 24.4 Å². The largest absolute Gasteiger partial charge is 0.318 e. The molecule has 0 aliphatic carbocycles. The minimum absolute atomic E-state index is 0.0143. The van der Waals surface area contributed by atoms with Gasteiger partial charge in [-0.05, 0) is 23.8 Å². The summed E-state index contributed by atoms with van der Waals surface area (Å²) in [5, 5.41) is 4.52. The maximum absolute atomic E-state index is 12.2. The normalized spacial score (nSPS) is 15.4. The van der Waals surface area contributed by atoms with Crippen molar-refractivity contribution in [3.8, 4) is 11.3 Å². The third-order valence-electron chi connectivity index (χ3n) is 5.49. The van der Waals surface area contributed by atoms with Gasteiger partial charge in [-0.2, -0.15) is 5.10 Å². The van der Waals surface area contributed by atoms with Gasteiger partial charge in [-0.15, -0.1) is 0 Å². The van der Waals surface area contributed by atoms with Crippen LogP contribution in [0.1, 0.15) is 5.56 Å². The number of hydrogen-bond donors (Lipinski definition) is 0. The lowest BCUT2D eigenvalue weighted by Gasteiger charge is -2.34. The monoisotopic (exact) mass is 406 g/mol. The molecule has 4 rings (SSSR count). The van der Waals surface area contributed by atoms with E-state index < -0.39 is 0 Å². The van der Waals surface area contributed by atoms with E-state index in [2.05, 4.69) is 19.9 Å². The van der Waals surface area contributed by atoms with E-state index in [4.69, 9.17) is 0 Å². The highest BCUT2D eigenvalue weighted by Crippen LogP contribution is 2.13. The van der Waals surface area contributed by atoms with Crippen LogP contribution in [0, 0.1) is 0 Å². The fourth-order valence-corrected chi connectivity index (χ4v) is 3.70. The van der Waals surface area contributed by atoms with E-state index in [9.17, 15) is 9.59 Å². The maximum Gasteiger partial charge on any atom is 0.266 e. The minimum Gasteiger partial charge on any atom is -0.318 e. The highest BCUT2D eigenvalue weighted by molar-refractivity contribution is 5.56. The number of aryl methyl sites for hydroxylation is 1. The number of piperazine rings is 1. The van der Waals surface area contributed by atoms with Crippen LogP contribution >= 0.6 is 0 Å². The molecule has 8 heteroatoms. The van der Waals surface area contributed by atoms with Gasteiger partial charge in [0, 0.05) is 82.6 Å². The summed E-state index contributed by atoms with van der Waals surface area (Å²) in [5.74, 6) is 0. The Balaban J connectivity index is 1.31. The molecule has 4 heterocycles. The van der Waals surface area contributed by atoms with Crippen molar-refractivity contribution in [3.05, 3.63) is 81.3 Å². The Morgan fingerprint density at radius 1 is 0.833 bits per heavy atom. The maximum atomic E-state index is 12.2. The molecule has 8 nitrogen and oxygen atoms in total. The molecule has 0 radical (unpaired) electrons. The van der Waals surface area contributed by atoms with Gasteiger partial charge in [0.15, 0.2) is 0 Å². The van der Waals surface area contributed by atoms with E-state index in [0.717, 1.165) is 56.1 Å². The van der Waals surface area contributed by atoms with Crippen molar-refractivity contribution in [2.45, 2.75) is 13.1 Å². The topological polar surface area (TPSA) is 76.3 Å². The third-order valence-corrected chi connectivity index (χ3v) is 5.49. The second-order valence-electron chi connectivity index (χ2n) is 7.62.